The van der Waals surface area contributed by atoms with Crippen molar-refractivity contribution in [1.82, 2.24) is 14.6 Å². The summed E-state index contributed by atoms with van der Waals surface area (Å²) in [6, 6.07) is 19.9. The number of aromatic nitrogens is 1. The van der Waals surface area contributed by atoms with Crippen LogP contribution < -0.4 is 5.32 Å². The number of carbonyl (C=O) groups excluding carboxylic acids is 1. The fraction of sp³-hybridized carbons (Fsp3) is 0.107. The molecule has 1 amide bonds. The number of carbonyl (C=O) groups is 1. The van der Waals surface area contributed by atoms with Crippen molar-refractivity contribution < 1.29 is 13.2 Å². The number of hydrogen-bond donors (Lipinski definition) is 1. The fourth-order valence-corrected chi connectivity index (χ4v) is 4.75. The summed E-state index contributed by atoms with van der Waals surface area (Å²) in [4.78, 5) is 16.9. The zero-order chi connectivity index (χ0) is 26.0. The van der Waals surface area contributed by atoms with Crippen LogP contribution in [-0.4, -0.2) is 30.2 Å². The zero-order valence-electron chi connectivity index (χ0n) is 19.7. The number of nitriles is 1. The van der Waals surface area contributed by atoms with Crippen molar-refractivity contribution in [3.63, 3.8) is 0 Å². The SMILES string of the molecule is C=C/C=C(\C=C)CNC(=O)c1ccc(CN(Cc2ccccn2)S(=O)(=O)c2ccc(C#N)cc2)cc1. The Labute approximate surface area is 211 Å². The minimum atomic E-state index is -3.89. The molecule has 0 atom stereocenters. The van der Waals surface area contributed by atoms with E-state index in [1.165, 1.54) is 28.6 Å². The fourth-order valence-electron chi connectivity index (χ4n) is 3.35. The molecule has 0 bridgehead atoms. The normalized spacial score (nSPS) is 11.5. The number of rotatable bonds is 11. The number of nitrogens with one attached hydrogen (secondary N) is 1. The molecule has 0 fully saturated rings. The molecule has 7 nitrogen and oxygen atoms in total. The van der Waals surface area contributed by atoms with Crippen LogP contribution in [0.5, 0.6) is 0 Å². The predicted octanol–water partition coefficient (Wildman–Crippen LogP) is 4.37. The van der Waals surface area contributed by atoms with Crippen molar-refractivity contribution in [3.8, 4) is 6.07 Å². The lowest BCUT2D eigenvalue weighted by Gasteiger charge is -2.22. The van der Waals surface area contributed by atoms with Gasteiger partial charge in [0, 0.05) is 24.8 Å². The number of pyridine rings is 1. The van der Waals surface area contributed by atoms with Crippen molar-refractivity contribution in [2.24, 2.45) is 0 Å². The minimum Gasteiger partial charge on any atom is -0.348 e. The van der Waals surface area contributed by atoms with Crippen LogP contribution in [-0.2, 0) is 23.1 Å². The van der Waals surface area contributed by atoms with Crippen LogP contribution in [0.15, 0.2) is 115 Å². The van der Waals surface area contributed by atoms with Crippen molar-refractivity contribution in [2.45, 2.75) is 18.0 Å². The van der Waals surface area contributed by atoms with Gasteiger partial charge in [-0.2, -0.15) is 9.57 Å². The average Bonchev–Trinajstić information content (AvgIpc) is 2.91. The molecule has 0 aliphatic carbocycles. The van der Waals surface area contributed by atoms with Gasteiger partial charge < -0.3 is 5.32 Å². The summed E-state index contributed by atoms with van der Waals surface area (Å²) < 4.78 is 28.3. The van der Waals surface area contributed by atoms with E-state index in [1.54, 1.807) is 66.9 Å². The molecule has 1 heterocycles. The van der Waals surface area contributed by atoms with Crippen LogP contribution in [0.1, 0.15) is 27.2 Å². The molecule has 0 aliphatic heterocycles. The van der Waals surface area contributed by atoms with Gasteiger partial charge in [0.2, 0.25) is 10.0 Å². The highest BCUT2D eigenvalue weighted by molar-refractivity contribution is 7.89. The third kappa shape index (κ3) is 6.85. The maximum Gasteiger partial charge on any atom is 0.251 e. The molecule has 1 N–H and O–H groups in total. The first-order valence-corrected chi connectivity index (χ1v) is 12.5. The van der Waals surface area contributed by atoms with Gasteiger partial charge in [-0.05, 0) is 59.7 Å². The van der Waals surface area contributed by atoms with Gasteiger partial charge in [0.1, 0.15) is 0 Å². The lowest BCUT2D eigenvalue weighted by atomic mass is 10.1. The van der Waals surface area contributed by atoms with Crippen LogP contribution in [0.3, 0.4) is 0 Å². The second kappa shape index (κ2) is 12.4. The Morgan fingerprint density at radius 3 is 2.33 bits per heavy atom. The lowest BCUT2D eigenvalue weighted by Crippen LogP contribution is -2.30. The summed E-state index contributed by atoms with van der Waals surface area (Å²) in [5.74, 6) is -0.256. The molecule has 0 saturated carbocycles. The summed E-state index contributed by atoms with van der Waals surface area (Å²) in [7, 11) is -3.89. The second-order valence-corrected chi connectivity index (χ2v) is 9.73. The molecule has 8 heteroatoms. The minimum absolute atomic E-state index is 0.0609. The van der Waals surface area contributed by atoms with Gasteiger partial charge in [-0.1, -0.05) is 49.6 Å². The molecule has 1 aromatic heterocycles. The first-order chi connectivity index (χ1) is 17.4. The van der Waals surface area contributed by atoms with Crippen LogP contribution >= 0.6 is 0 Å². The number of nitrogens with zero attached hydrogens (tertiary/aromatic N) is 3. The Morgan fingerprint density at radius 2 is 1.75 bits per heavy atom. The second-order valence-electron chi connectivity index (χ2n) is 7.79. The molecule has 0 unspecified atom stereocenters. The monoisotopic (exact) mass is 498 g/mol. The summed E-state index contributed by atoms with van der Waals surface area (Å²) in [5.41, 5.74) is 2.95. The maximum absolute atomic E-state index is 13.5. The number of allylic oxidation sites excluding steroid dienone is 2. The largest absolute Gasteiger partial charge is 0.348 e. The van der Waals surface area contributed by atoms with Crippen LogP contribution in [0.2, 0.25) is 0 Å². The third-order valence-corrected chi connectivity index (χ3v) is 7.11. The first kappa shape index (κ1) is 26.3. The quantitative estimate of drug-likeness (QED) is 0.396. The smallest absolute Gasteiger partial charge is 0.251 e. The highest BCUT2D eigenvalue weighted by Crippen LogP contribution is 2.21. The van der Waals surface area contributed by atoms with Crippen molar-refractivity contribution in [3.05, 3.63) is 132 Å². The number of sulfonamides is 1. The van der Waals surface area contributed by atoms with E-state index >= 15 is 0 Å². The Kier molecular flexibility index (Phi) is 9.06. The van der Waals surface area contributed by atoms with Gasteiger partial charge in [-0.3, -0.25) is 9.78 Å². The summed E-state index contributed by atoms with van der Waals surface area (Å²) in [6.07, 6.45) is 6.65. The summed E-state index contributed by atoms with van der Waals surface area (Å²) in [5, 5.41) is 11.9. The molecular weight excluding hydrogens is 472 g/mol. The van der Waals surface area contributed by atoms with E-state index < -0.39 is 10.0 Å². The topological polar surface area (TPSA) is 103 Å². The van der Waals surface area contributed by atoms with E-state index in [1.807, 2.05) is 6.07 Å². The van der Waals surface area contributed by atoms with E-state index in [4.69, 9.17) is 5.26 Å². The van der Waals surface area contributed by atoms with E-state index in [2.05, 4.69) is 23.5 Å². The Morgan fingerprint density at radius 1 is 1.03 bits per heavy atom. The Bertz CT molecular complexity index is 1390. The summed E-state index contributed by atoms with van der Waals surface area (Å²) in [6.45, 7) is 7.80. The van der Waals surface area contributed by atoms with Crippen molar-refractivity contribution in [1.29, 1.82) is 5.26 Å². The van der Waals surface area contributed by atoms with Gasteiger partial charge in [0.05, 0.1) is 28.8 Å². The molecular formula is C28H26N4O3S. The van der Waals surface area contributed by atoms with Crippen molar-refractivity contribution >= 4 is 15.9 Å². The standard InChI is InChI=1S/C28H26N4O3S/c1-3-7-22(4-2)19-31-28(33)25-13-9-24(10-14-25)20-32(21-26-8-5-6-17-30-26)36(34,35)27-15-11-23(18-29)12-16-27/h3-17H,1-2,19-21H2,(H,31,33)/b22-7+. The molecule has 3 aromatic rings. The van der Waals surface area contributed by atoms with E-state index in [0.29, 0.717) is 28.9 Å². The van der Waals surface area contributed by atoms with Gasteiger partial charge in [0.15, 0.2) is 0 Å². The predicted molar refractivity (Wildman–Crippen MR) is 139 cm³/mol. The molecule has 182 valence electrons. The maximum atomic E-state index is 13.5. The Balaban J connectivity index is 1.81. The number of hydrogen-bond acceptors (Lipinski definition) is 5. The lowest BCUT2D eigenvalue weighted by molar-refractivity contribution is 0.0957. The molecule has 2 aromatic carbocycles. The first-order valence-electron chi connectivity index (χ1n) is 11.1. The van der Waals surface area contributed by atoms with Gasteiger partial charge in [0.25, 0.3) is 5.91 Å². The van der Waals surface area contributed by atoms with Crippen LogP contribution in [0, 0.1) is 11.3 Å². The average molecular weight is 499 g/mol. The van der Waals surface area contributed by atoms with E-state index in [-0.39, 0.29) is 23.9 Å². The molecule has 0 radical (unpaired) electrons. The van der Waals surface area contributed by atoms with Gasteiger partial charge in [-0.15, -0.1) is 0 Å². The molecule has 3 rings (SSSR count). The summed E-state index contributed by atoms with van der Waals surface area (Å²) >= 11 is 0. The van der Waals surface area contributed by atoms with Gasteiger partial charge in [-0.25, -0.2) is 8.42 Å². The number of benzene rings is 2. The molecule has 0 spiro atoms. The highest BCUT2D eigenvalue weighted by Gasteiger charge is 2.25. The molecule has 0 saturated heterocycles. The van der Waals surface area contributed by atoms with Crippen LogP contribution in [0.4, 0.5) is 0 Å². The van der Waals surface area contributed by atoms with Gasteiger partial charge >= 0.3 is 0 Å². The van der Waals surface area contributed by atoms with E-state index in [0.717, 1.165) is 5.57 Å². The van der Waals surface area contributed by atoms with E-state index in [9.17, 15) is 13.2 Å². The van der Waals surface area contributed by atoms with Crippen molar-refractivity contribution in [2.75, 3.05) is 6.54 Å². The third-order valence-electron chi connectivity index (χ3n) is 5.31. The zero-order valence-corrected chi connectivity index (χ0v) is 20.5. The Hall–Kier alpha value is -4.32. The molecule has 36 heavy (non-hydrogen) atoms. The van der Waals surface area contributed by atoms with Crippen LogP contribution in [0.25, 0.3) is 0 Å². The molecule has 0 aliphatic rings. The number of amides is 1. The highest BCUT2D eigenvalue weighted by atomic mass is 32.2.